The summed E-state index contributed by atoms with van der Waals surface area (Å²) >= 11 is 0. The van der Waals surface area contributed by atoms with Crippen LogP contribution in [0.1, 0.15) is 32.6 Å². The number of esters is 1. The molecular weight excluding hydrogens is 168 g/mol. The lowest BCUT2D eigenvalue weighted by Crippen LogP contribution is -2.29. The molecule has 1 aliphatic rings. The molecule has 3 nitrogen and oxygen atoms in total. The minimum Gasteiger partial charge on any atom is -0.466 e. The van der Waals surface area contributed by atoms with Gasteiger partial charge in [-0.25, -0.2) is 0 Å². The highest BCUT2D eigenvalue weighted by atomic mass is 16.5. The van der Waals surface area contributed by atoms with Gasteiger partial charge in [-0.05, 0) is 19.8 Å². The minimum absolute atomic E-state index is 0.104. The van der Waals surface area contributed by atoms with Crippen LogP contribution in [0.5, 0.6) is 0 Å². The van der Waals surface area contributed by atoms with E-state index in [1.165, 1.54) is 0 Å². The lowest BCUT2D eigenvalue weighted by Gasteiger charge is -2.25. The van der Waals surface area contributed by atoms with Crippen LogP contribution in [-0.4, -0.2) is 18.9 Å². The van der Waals surface area contributed by atoms with Crippen LogP contribution in [0.15, 0.2) is 0 Å². The molecule has 2 unspecified atom stereocenters. The molecule has 2 atom stereocenters. The van der Waals surface area contributed by atoms with Crippen molar-refractivity contribution in [2.45, 2.75) is 32.6 Å². The number of ether oxygens (including phenoxy) is 1. The predicted octanol–water partition coefficient (Wildman–Crippen LogP) is 1.55. The van der Waals surface area contributed by atoms with E-state index in [-0.39, 0.29) is 17.8 Å². The van der Waals surface area contributed by atoms with Crippen LogP contribution >= 0.6 is 0 Å². The third-order valence-corrected chi connectivity index (χ3v) is 2.58. The molecule has 0 saturated heterocycles. The van der Waals surface area contributed by atoms with Crippen molar-refractivity contribution in [2.24, 2.45) is 11.8 Å². The molecule has 0 aromatic heterocycles. The van der Waals surface area contributed by atoms with E-state index < -0.39 is 0 Å². The second-order valence-electron chi connectivity index (χ2n) is 3.44. The summed E-state index contributed by atoms with van der Waals surface area (Å²) in [7, 11) is 0. The highest BCUT2D eigenvalue weighted by Gasteiger charge is 2.31. The number of rotatable bonds is 3. The van der Waals surface area contributed by atoms with Crippen molar-refractivity contribution < 1.29 is 14.3 Å². The molecule has 0 aliphatic heterocycles. The largest absolute Gasteiger partial charge is 0.466 e. The molecule has 1 saturated carbocycles. The second-order valence-corrected chi connectivity index (χ2v) is 3.44. The Morgan fingerprint density at radius 1 is 1.46 bits per heavy atom. The lowest BCUT2D eigenvalue weighted by atomic mass is 9.80. The first kappa shape index (κ1) is 10.2. The molecule has 1 aliphatic carbocycles. The third-order valence-electron chi connectivity index (χ3n) is 2.58. The summed E-state index contributed by atoms with van der Waals surface area (Å²) in [6.07, 6.45) is 4.64. The molecule has 13 heavy (non-hydrogen) atoms. The van der Waals surface area contributed by atoms with Crippen molar-refractivity contribution in [1.82, 2.24) is 0 Å². The van der Waals surface area contributed by atoms with Crippen LogP contribution in [0.4, 0.5) is 0 Å². The molecular formula is C10H16O3. The molecule has 3 heteroatoms. The molecule has 0 heterocycles. The number of aldehydes is 1. The molecule has 0 radical (unpaired) electrons. The molecule has 0 amide bonds. The molecule has 0 spiro atoms. The fourth-order valence-corrected chi connectivity index (χ4v) is 1.86. The first-order valence-corrected chi connectivity index (χ1v) is 4.91. The fourth-order valence-electron chi connectivity index (χ4n) is 1.86. The fraction of sp³-hybridized carbons (Fsp3) is 0.800. The van der Waals surface area contributed by atoms with E-state index in [1.54, 1.807) is 6.92 Å². The maximum absolute atomic E-state index is 11.4. The third kappa shape index (κ3) is 2.54. The first-order valence-electron chi connectivity index (χ1n) is 4.91. The SMILES string of the molecule is CCOC(=O)C1CCCCC1C=O. The van der Waals surface area contributed by atoms with E-state index in [1.807, 2.05) is 0 Å². The maximum Gasteiger partial charge on any atom is 0.309 e. The average molecular weight is 184 g/mol. The van der Waals surface area contributed by atoms with Crippen molar-refractivity contribution in [3.8, 4) is 0 Å². The van der Waals surface area contributed by atoms with E-state index in [0.717, 1.165) is 32.0 Å². The zero-order valence-electron chi connectivity index (χ0n) is 7.99. The summed E-state index contributed by atoms with van der Waals surface area (Å²) in [5.41, 5.74) is 0. The van der Waals surface area contributed by atoms with Crippen LogP contribution in [0, 0.1) is 11.8 Å². The van der Waals surface area contributed by atoms with Crippen LogP contribution in [0.3, 0.4) is 0 Å². The quantitative estimate of drug-likeness (QED) is 0.493. The highest BCUT2D eigenvalue weighted by Crippen LogP contribution is 2.29. The standard InChI is InChI=1S/C10H16O3/c1-2-13-10(12)9-6-4-3-5-8(9)7-11/h7-9H,2-6H2,1H3. The number of carbonyl (C=O) groups is 2. The summed E-state index contributed by atoms with van der Waals surface area (Å²) < 4.78 is 4.92. The van der Waals surface area contributed by atoms with Gasteiger partial charge in [0.1, 0.15) is 6.29 Å². The van der Waals surface area contributed by atoms with Crippen molar-refractivity contribution >= 4 is 12.3 Å². The Morgan fingerprint density at radius 2 is 2.15 bits per heavy atom. The molecule has 0 bridgehead atoms. The highest BCUT2D eigenvalue weighted by molar-refractivity contribution is 5.76. The van der Waals surface area contributed by atoms with Crippen LogP contribution in [0.25, 0.3) is 0 Å². The van der Waals surface area contributed by atoms with Crippen molar-refractivity contribution in [3.63, 3.8) is 0 Å². The molecule has 1 fully saturated rings. The van der Waals surface area contributed by atoms with E-state index in [0.29, 0.717) is 6.61 Å². The van der Waals surface area contributed by atoms with E-state index >= 15 is 0 Å². The zero-order chi connectivity index (χ0) is 9.68. The maximum atomic E-state index is 11.4. The predicted molar refractivity (Wildman–Crippen MR) is 48.1 cm³/mol. The smallest absolute Gasteiger partial charge is 0.309 e. The van der Waals surface area contributed by atoms with E-state index in [9.17, 15) is 9.59 Å². The van der Waals surface area contributed by atoms with Crippen molar-refractivity contribution in [3.05, 3.63) is 0 Å². The van der Waals surface area contributed by atoms with E-state index in [2.05, 4.69) is 0 Å². The summed E-state index contributed by atoms with van der Waals surface area (Å²) in [6.45, 7) is 2.19. The molecule has 0 aromatic rings. The Kier molecular flexibility index (Phi) is 3.93. The Bertz CT molecular complexity index is 189. The van der Waals surface area contributed by atoms with Gasteiger partial charge in [-0.1, -0.05) is 12.8 Å². The van der Waals surface area contributed by atoms with Gasteiger partial charge in [-0.3, -0.25) is 4.79 Å². The second kappa shape index (κ2) is 5.00. The first-order chi connectivity index (χ1) is 6.29. The lowest BCUT2D eigenvalue weighted by molar-refractivity contribution is -0.152. The van der Waals surface area contributed by atoms with Crippen LogP contribution in [-0.2, 0) is 14.3 Å². The van der Waals surface area contributed by atoms with Gasteiger partial charge >= 0.3 is 5.97 Å². The summed E-state index contributed by atoms with van der Waals surface area (Å²) in [6, 6.07) is 0. The number of carbonyl (C=O) groups excluding carboxylic acids is 2. The van der Waals surface area contributed by atoms with Gasteiger partial charge in [-0.15, -0.1) is 0 Å². The molecule has 74 valence electrons. The molecule has 0 N–H and O–H groups in total. The van der Waals surface area contributed by atoms with Gasteiger partial charge in [0.25, 0.3) is 0 Å². The Hall–Kier alpha value is -0.860. The summed E-state index contributed by atoms with van der Waals surface area (Å²) in [4.78, 5) is 22.1. The number of hydrogen-bond acceptors (Lipinski definition) is 3. The zero-order valence-corrected chi connectivity index (χ0v) is 7.99. The Morgan fingerprint density at radius 3 is 2.77 bits per heavy atom. The summed E-state index contributed by atoms with van der Waals surface area (Å²) in [5.74, 6) is -0.474. The Balaban J connectivity index is 2.53. The summed E-state index contributed by atoms with van der Waals surface area (Å²) in [5, 5.41) is 0. The van der Waals surface area contributed by atoms with Crippen molar-refractivity contribution in [1.29, 1.82) is 0 Å². The average Bonchev–Trinajstić information content (AvgIpc) is 2.18. The van der Waals surface area contributed by atoms with Gasteiger partial charge in [0, 0.05) is 5.92 Å². The van der Waals surface area contributed by atoms with Crippen LogP contribution < -0.4 is 0 Å². The topological polar surface area (TPSA) is 43.4 Å². The minimum atomic E-state index is -0.195. The van der Waals surface area contributed by atoms with Gasteiger partial charge in [-0.2, -0.15) is 0 Å². The van der Waals surface area contributed by atoms with Gasteiger partial charge in [0.05, 0.1) is 12.5 Å². The molecule has 1 rings (SSSR count). The molecule has 0 aromatic carbocycles. The van der Waals surface area contributed by atoms with E-state index in [4.69, 9.17) is 4.74 Å². The van der Waals surface area contributed by atoms with Gasteiger partial charge in [0.15, 0.2) is 0 Å². The monoisotopic (exact) mass is 184 g/mol. The Labute approximate surface area is 78.5 Å². The van der Waals surface area contributed by atoms with Gasteiger partial charge < -0.3 is 9.53 Å². The van der Waals surface area contributed by atoms with Crippen LogP contribution in [0.2, 0.25) is 0 Å². The van der Waals surface area contributed by atoms with Gasteiger partial charge in [0.2, 0.25) is 0 Å². The number of hydrogen-bond donors (Lipinski definition) is 0. The van der Waals surface area contributed by atoms with Crippen molar-refractivity contribution in [2.75, 3.05) is 6.61 Å². The normalized spacial score (nSPS) is 28.1.